The van der Waals surface area contributed by atoms with Gasteiger partial charge in [0, 0.05) is 42.8 Å². The first-order valence-corrected chi connectivity index (χ1v) is 13.0. The fraction of sp³-hybridized carbons (Fsp3) is 0.0857. The molecule has 0 bridgehead atoms. The van der Waals surface area contributed by atoms with E-state index in [4.69, 9.17) is 9.98 Å². The molecule has 2 N–H and O–H groups in total. The zero-order chi connectivity index (χ0) is 26.7. The minimum Gasteiger partial charge on any atom is -0.507 e. The molecular weight excluding hydrogens is 675 g/mol. The molecule has 0 saturated carbocycles. The standard InChI is InChI=1S/C35H26N2O2.Pt/c1-35(2)26-14-6-5-13-24(26)25-17-18-31(39)33(34(25)35)28-19-22-9-3-4-12-23(22)29(37-28)20-36-27-15-7-10-21-11-8-16-30(38)32(21)27;/h3-20,38-39H,1-2H3;. The summed E-state index contributed by atoms with van der Waals surface area (Å²) in [6.07, 6.45) is 1.76. The van der Waals surface area contributed by atoms with E-state index in [-0.39, 0.29) is 38.0 Å². The first-order valence-electron chi connectivity index (χ1n) is 13.0. The molecule has 0 saturated heterocycles. The molecule has 4 nitrogen and oxygen atoms in total. The van der Waals surface area contributed by atoms with Gasteiger partial charge in [0.2, 0.25) is 0 Å². The Bertz CT molecular complexity index is 1970. The van der Waals surface area contributed by atoms with Crippen molar-refractivity contribution in [3.8, 4) is 33.9 Å². The van der Waals surface area contributed by atoms with Crippen molar-refractivity contribution in [2.24, 2.45) is 4.99 Å². The van der Waals surface area contributed by atoms with Crippen LogP contribution in [0, 0.1) is 0 Å². The van der Waals surface area contributed by atoms with Crippen molar-refractivity contribution in [3.63, 3.8) is 0 Å². The van der Waals surface area contributed by atoms with Crippen LogP contribution in [0.5, 0.6) is 11.5 Å². The average Bonchev–Trinajstić information content (AvgIpc) is 3.18. The van der Waals surface area contributed by atoms with Crippen LogP contribution < -0.4 is 0 Å². The zero-order valence-corrected chi connectivity index (χ0v) is 24.3. The number of benzene rings is 5. The van der Waals surface area contributed by atoms with Gasteiger partial charge in [-0.3, -0.25) is 4.99 Å². The van der Waals surface area contributed by atoms with Crippen molar-refractivity contribution >= 4 is 33.4 Å². The van der Waals surface area contributed by atoms with Crippen LogP contribution in [-0.4, -0.2) is 21.4 Å². The van der Waals surface area contributed by atoms with E-state index in [1.165, 1.54) is 11.1 Å². The molecule has 1 heterocycles. The molecule has 6 aromatic rings. The van der Waals surface area contributed by atoms with Crippen LogP contribution >= 0.6 is 0 Å². The molecule has 5 heteroatoms. The molecule has 7 rings (SSSR count). The summed E-state index contributed by atoms with van der Waals surface area (Å²) < 4.78 is 0. The van der Waals surface area contributed by atoms with Gasteiger partial charge in [0.15, 0.2) is 0 Å². The van der Waals surface area contributed by atoms with E-state index in [9.17, 15) is 10.2 Å². The topological polar surface area (TPSA) is 65.7 Å². The maximum atomic E-state index is 11.3. The van der Waals surface area contributed by atoms with Crippen molar-refractivity contribution in [2.75, 3.05) is 0 Å². The Balaban J connectivity index is 0.00000289. The van der Waals surface area contributed by atoms with Gasteiger partial charge in [0.25, 0.3) is 0 Å². The monoisotopic (exact) mass is 701 g/mol. The molecule has 5 aromatic carbocycles. The van der Waals surface area contributed by atoms with E-state index in [2.05, 4.69) is 44.2 Å². The molecule has 0 aliphatic heterocycles. The SMILES string of the molecule is CC1(C)c2ccccc2-c2ccc(O)c(-c3cc4ccccc4c(C=Nc4cccc5cccc(O)c45)n3)c21.[Pt]. The van der Waals surface area contributed by atoms with E-state index >= 15 is 0 Å². The summed E-state index contributed by atoms with van der Waals surface area (Å²) in [5, 5.41) is 25.4. The van der Waals surface area contributed by atoms with Gasteiger partial charge < -0.3 is 10.2 Å². The largest absolute Gasteiger partial charge is 0.507 e. The van der Waals surface area contributed by atoms with Crippen molar-refractivity contribution in [3.05, 3.63) is 120 Å². The molecule has 0 radical (unpaired) electrons. The van der Waals surface area contributed by atoms with Gasteiger partial charge in [0.1, 0.15) is 11.5 Å². The predicted molar refractivity (Wildman–Crippen MR) is 159 cm³/mol. The third-order valence-electron chi connectivity index (χ3n) is 7.91. The summed E-state index contributed by atoms with van der Waals surface area (Å²) in [5.41, 5.74) is 7.14. The number of rotatable bonds is 3. The normalized spacial score (nSPS) is 13.3. The summed E-state index contributed by atoms with van der Waals surface area (Å²) in [7, 11) is 0. The van der Waals surface area contributed by atoms with Crippen molar-refractivity contribution in [1.29, 1.82) is 0 Å². The number of pyridine rings is 1. The van der Waals surface area contributed by atoms with Gasteiger partial charge in [-0.1, -0.05) is 92.7 Å². The Morgan fingerprint density at radius 2 is 1.45 bits per heavy atom. The Morgan fingerprint density at radius 3 is 2.30 bits per heavy atom. The maximum absolute atomic E-state index is 11.3. The van der Waals surface area contributed by atoms with Crippen LogP contribution in [0.3, 0.4) is 0 Å². The number of nitrogens with zero attached hydrogens (tertiary/aromatic N) is 2. The molecule has 1 aliphatic carbocycles. The van der Waals surface area contributed by atoms with Crippen molar-refractivity contribution < 1.29 is 31.3 Å². The predicted octanol–water partition coefficient (Wildman–Crippen LogP) is 8.52. The van der Waals surface area contributed by atoms with Crippen LogP contribution in [0.2, 0.25) is 0 Å². The van der Waals surface area contributed by atoms with Crippen LogP contribution in [0.4, 0.5) is 5.69 Å². The number of phenolic OH excluding ortho intramolecular Hbond substituents is 2. The van der Waals surface area contributed by atoms with Crippen LogP contribution in [-0.2, 0) is 26.5 Å². The third-order valence-corrected chi connectivity index (χ3v) is 7.91. The Hall–Kier alpha value is -4.27. The van der Waals surface area contributed by atoms with Gasteiger partial charge in [-0.2, -0.15) is 0 Å². The summed E-state index contributed by atoms with van der Waals surface area (Å²) in [5.74, 6) is 0.401. The molecule has 0 amide bonds. The van der Waals surface area contributed by atoms with E-state index in [1.54, 1.807) is 18.3 Å². The van der Waals surface area contributed by atoms with Crippen LogP contribution in [0.1, 0.15) is 30.7 Å². The number of hydrogen-bond acceptors (Lipinski definition) is 4. The molecular formula is C35H26N2O2Pt. The Morgan fingerprint density at radius 1 is 0.725 bits per heavy atom. The zero-order valence-electron chi connectivity index (χ0n) is 22.0. The van der Waals surface area contributed by atoms with Gasteiger partial charge in [-0.05, 0) is 57.3 Å². The van der Waals surface area contributed by atoms with E-state index in [0.29, 0.717) is 22.5 Å². The van der Waals surface area contributed by atoms with E-state index in [0.717, 1.165) is 32.8 Å². The first-order chi connectivity index (χ1) is 18.9. The fourth-order valence-electron chi connectivity index (χ4n) is 6.11. The Labute approximate surface area is 247 Å². The molecule has 0 spiro atoms. The number of fused-ring (bicyclic) bond motifs is 5. The van der Waals surface area contributed by atoms with Gasteiger partial charge in [0.05, 0.1) is 23.3 Å². The number of phenols is 2. The molecule has 0 unspecified atom stereocenters. The molecule has 0 atom stereocenters. The quantitative estimate of drug-likeness (QED) is 0.182. The van der Waals surface area contributed by atoms with Gasteiger partial charge in [-0.25, -0.2) is 4.98 Å². The van der Waals surface area contributed by atoms with E-state index in [1.807, 2.05) is 60.7 Å². The van der Waals surface area contributed by atoms with Gasteiger partial charge >= 0.3 is 0 Å². The van der Waals surface area contributed by atoms with Crippen molar-refractivity contribution in [1.82, 2.24) is 4.98 Å². The van der Waals surface area contributed by atoms with Crippen LogP contribution in [0.25, 0.3) is 43.9 Å². The minimum atomic E-state index is -0.304. The minimum absolute atomic E-state index is 0. The van der Waals surface area contributed by atoms with Crippen LogP contribution in [0.15, 0.2) is 108 Å². The van der Waals surface area contributed by atoms with E-state index < -0.39 is 0 Å². The third kappa shape index (κ3) is 3.94. The second-order valence-electron chi connectivity index (χ2n) is 10.6. The second kappa shape index (κ2) is 9.73. The maximum Gasteiger partial charge on any atom is 0.125 e. The number of aromatic hydroxyl groups is 2. The molecule has 198 valence electrons. The van der Waals surface area contributed by atoms with Gasteiger partial charge in [-0.15, -0.1) is 0 Å². The summed E-state index contributed by atoms with van der Waals surface area (Å²) in [6, 6.07) is 33.6. The smallest absolute Gasteiger partial charge is 0.125 e. The van der Waals surface area contributed by atoms with Crippen molar-refractivity contribution in [2.45, 2.75) is 19.3 Å². The fourth-order valence-corrected chi connectivity index (χ4v) is 6.11. The molecule has 1 aliphatic rings. The summed E-state index contributed by atoms with van der Waals surface area (Å²) in [6.45, 7) is 4.41. The Kier molecular flexibility index (Phi) is 6.32. The first kappa shape index (κ1) is 26.0. The molecule has 1 aromatic heterocycles. The summed E-state index contributed by atoms with van der Waals surface area (Å²) in [4.78, 5) is 9.88. The molecule has 40 heavy (non-hydrogen) atoms. The number of aromatic nitrogens is 1. The number of aliphatic imine (C=N–C) groups is 1. The second-order valence-corrected chi connectivity index (χ2v) is 10.6. The average molecular weight is 702 g/mol. The molecule has 0 fully saturated rings. The number of hydrogen-bond donors (Lipinski definition) is 2. The summed E-state index contributed by atoms with van der Waals surface area (Å²) >= 11 is 0.